The van der Waals surface area contributed by atoms with Crippen molar-refractivity contribution in [3.8, 4) is 0 Å². The Kier molecular flexibility index (Phi) is 4.49. The average Bonchev–Trinajstić information content (AvgIpc) is 2.47. The number of benzene rings is 1. The number of nitrogens with zero attached hydrogens (tertiary/aromatic N) is 1. The number of hydrogen-bond acceptors (Lipinski definition) is 3. The van der Waals surface area contributed by atoms with Gasteiger partial charge in [-0.25, -0.2) is 4.39 Å². The van der Waals surface area contributed by atoms with Gasteiger partial charge in [-0.2, -0.15) is 4.73 Å². The molecule has 6 heteroatoms. The molecule has 0 aliphatic rings. The van der Waals surface area contributed by atoms with Gasteiger partial charge in [0.05, 0.1) is 12.1 Å². The maximum atomic E-state index is 12.8. The van der Waals surface area contributed by atoms with Gasteiger partial charge in [0.15, 0.2) is 6.20 Å². The van der Waals surface area contributed by atoms with Gasteiger partial charge >= 0.3 is 5.91 Å². The molecule has 1 amide bonds. The first-order valence-electron chi connectivity index (χ1n) is 6.41. The molecule has 2 aromatic rings. The highest BCUT2D eigenvalue weighted by molar-refractivity contribution is 5.91. The predicted octanol–water partition coefficient (Wildman–Crippen LogP) is 1.31. The van der Waals surface area contributed by atoms with Crippen molar-refractivity contribution in [1.29, 1.82) is 0 Å². The smallest absolute Gasteiger partial charge is 0.317 e. The molecule has 0 fully saturated rings. The fourth-order valence-corrected chi connectivity index (χ4v) is 1.91. The van der Waals surface area contributed by atoms with Gasteiger partial charge in [0.2, 0.25) is 0 Å². The molecular weight excluding hydrogens is 275 g/mol. The number of amides is 1. The van der Waals surface area contributed by atoms with Crippen LogP contribution >= 0.6 is 0 Å². The molecule has 2 unspecified atom stereocenters. The largest absolute Gasteiger partial charge is 0.618 e. The Hall–Kier alpha value is -2.47. The van der Waals surface area contributed by atoms with Crippen molar-refractivity contribution in [2.45, 2.75) is 19.1 Å². The van der Waals surface area contributed by atoms with Gasteiger partial charge in [-0.1, -0.05) is 12.1 Å². The zero-order valence-electron chi connectivity index (χ0n) is 11.4. The first-order chi connectivity index (χ1) is 9.99. The Morgan fingerprint density at radius 2 is 1.95 bits per heavy atom. The molecule has 0 aliphatic heterocycles. The number of nitrogens with one attached hydrogen (secondary N) is 1. The lowest BCUT2D eigenvalue weighted by Gasteiger charge is -2.20. The van der Waals surface area contributed by atoms with Crippen molar-refractivity contribution in [2.24, 2.45) is 0 Å². The number of carbonyl (C=O) groups excluding carboxylic acids is 1. The van der Waals surface area contributed by atoms with Gasteiger partial charge in [0.25, 0.3) is 5.69 Å². The lowest BCUT2D eigenvalue weighted by atomic mass is 10.0. The van der Waals surface area contributed by atoms with Crippen LogP contribution in [0.2, 0.25) is 0 Å². The summed E-state index contributed by atoms with van der Waals surface area (Å²) in [6.45, 7) is 1.60. The minimum atomic E-state index is -1.00. The summed E-state index contributed by atoms with van der Waals surface area (Å²) in [6.07, 6.45) is 0.217. The number of rotatable bonds is 4. The molecule has 0 aliphatic carbocycles. The van der Waals surface area contributed by atoms with Crippen LogP contribution in [0.25, 0.3) is 0 Å². The monoisotopic (exact) mass is 290 g/mol. The highest BCUT2D eigenvalue weighted by Crippen LogP contribution is 2.17. The van der Waals surface area contributed by atoms with Crippen molar-refractivity contribution in [3.63, 3.8) is 0 Å². The second kappa shape index (κ2) is 6.32. The Bertz CT molecular complexity index is 631. The molecule has 2 N–H and O–H groups in total. The fraction of sp³-hybridized carbons (Fsp3) is 0.200. The molecule has 21 heavy (non-hydrogen) atoms. The van der Waals surface area contributed by atoms with E-state index in [2.05, 4.69) is 5.32 Å². The fourth-order valence-electron chi connectivity index (χ4n) is 1.91. The van der Waals surface area contributed by atoms with E-state index in [1.165, 1.54) is 42.6 Å². The molecule has 2 atom stereocenters. The molecule has 1 heterocycles. The molecule has 110 valence electrons. The summed E-state index contributed by atoms with van der Waals surface area (Å²) in [6, 6.07) is 9.19. The summed E-state index contributed by atoms with van der Waals surface area (Å²) in [4.78, 5) is 12.0. The van der Waals surface area contributed by atoms with Crippen LogP contribution in [-0.4, -0.2) is 17.1 Å². The van der Waals surface area contributed by atoms with Crippen molar-refractivity contribution >= 4 is 5.91 Å². The average molecular weight is 290 g/mol. The molecule has 0 bridgehead atoms. The second-order valence-electron chi connectivity index (χ2n) is 4.67. The molecular formula is C15H15FN2O3. The third-order valence-corrected chi connectivity index (χ3v) is 3.10. The summed E-state index contributed by atoms with van der Waals surface area (Å²) < 4.78 is 13.3. The normalized spacial score (nSPS) is 13.5. The van der Waals surface area contributed by atoms with Gasteiger partial charge in [-0.05, 0) is 30.7 Å². The van der Waals surface area contributed by atoms with Crippen LogP contribution in [0.4, 0.5) is 4.39 Å². The first-order valence-corrected chi connectivity index (χ1v) is 6.41. The molecule has 0 spiro atoms. The highest BCUT2D eigenvalue weighted by Gasteiger charge is 2.22. The minimum absolute atomic E-state index is 0.0596. The second-order valence-corrected chi connectivity index (χ2v) is 4.67. The third kappa shape index (κ3) is 3.55. The van der Waals surface area contributed by atoms with E-state index in [-0.39, 0.29) is 5.69 Å². The lowest BCUT2D eigenvalue weighted by molar-refractivity contribution is -0.607. The Morgan fingerprint density at radius 1 is 1.29 bits per heavy atom. The summed E-state index contributed by atoms with van der Waals surface area (Å²) in [7, 11) is 0. The predicted molar refractivity (Wildman–Crippen MR) is 73.7 cm³/mol. The van der Waals surface area contributed by atoms with E-state index in [9.17, 15) is 19.5 Å². The van der Waals surface area contributed by atoms with E-state index in [1.54, 1.807) is 13.0 Å². The van der Waals surface area contributed by atoms with Crippen LogP contribution in [-0.2, 0) is 0 Å². The number of aliphatic hydroxyl groups excluding tert-OH is 1. The van der Waals surface area contributed by atoms with E-state index < -0.39 is 23.9 Å². The molecule has 1 aromatic carbocycles. The van der Waals surface area contributed by atoms with Crippen molar-refractivity contribution in [1.82, 2.24) is 5.32 Å². The van der Waals surface area contributed by atoms with E-state index in [1.807, 2.05) is 0 Å². The first kappa shape index (κ1) is 14.9. The van der Waals surface area contributed by atoms with Crippen LogP contribution in [0.1, 0.15) is 29.1 Å². The topological polar surface area (TPSA) is 76.3 Å². The molecule has 2 rings (SSSR count). The van der Waals surface area contributed by atoms with E-state index in [4.69, 9.17) is 0 Å². The third-order valence-electron chi connectivity index (χ3n) is 3.10. The number of aromatic nitrogens is 1. The van der Waals surface area contributed by atoms with Crippen molar-refractivity contribution in [3.05, 3.63) is 70.9 Å². The molecule has 0 radical (unpaired) electrons. The Balaban J connectivity index is 2.07. The van der Waals surface area contributed by atoms with Gasteiger partial charge in [0, 0.05) is 12.1 Å². The number of hydrogen-bond donors (Lipinski definition) is 2. The standard InChI is InChI=1S/C15H15FN2O3/c1-10(14(19)11-5-7-12(16)8-6-11)17-15(20)13-4-2-3-9-18(13)21/h2-10,14,19H,1H3,(H,17,20). The molecule has 5 nitrogen and oxygen atoms in total. The lowest BCUT2D eigenvalue weighted by Crippen LogP contribution is -2.43. The SMILES string of the molecule is CC(NC(=O)c1cccc[n+]1[O-])C(O)c1ccc(F)cc1. The zero-order chi connectivity index (χ0) is 15.4. The van der Waals surface area contributed by atoms with E-state index in [0.717, 1.165) is 0 Å². The number of carbonyl (C=O) groups is 1. The van der Waals surface area contributed by atoms with Gasteiger partial charge in [-0.15, -0.1) is 0 Å². The maximum absolute atomic E-state index is 12.8. The quantitative estimate of drug-likeness (QED) is 0.658. The van der Waals surface area contributed by atoms with Crippen LogP contribution < -0.4 is 10.0 Å². The van der Waals surface area contributed by atoms with Gasteiger partial charge in [0.1, 0.15) is 5.82 Å². The van der Waals surface area contributed by atoms with Gasteiger partial charge < -0.3 is 15.6 Å². The summed E-state index contributed by atoms with van der Waals surface area (Å²) in [5.41, 5.74) is 0.419. The molecule has 1 aromatic heterocycles. The van der Waals surface area contributed by atoms with Gasteiger partial charge in [-0.3, -0.25) is 4.79 Å². The Morgan fingerprint density at radius 3 is 2.57 bits per heavy atom. The van der Waals surface area contributed by atoms with Crippen molar-refractivity contribution < 1.29 is 19.0 Å². The molecule has 0 saturated carbocycles. The van der Waals surface area contributed by atoms with Crippen LogP contribution in [0.15, 0.2) is 48.7 Å². The summed E-state index contributed by atoms with van der Waals surface area (Å²) >= 11 is 0. The van der Waals surface area contributed by atoms with E-state index >= 15 is 0 Å². The number of pyridine rings is 1. The summed E-state index contributed by atoms with van der Waals surface area (Å²) in [5, 5.41) is 24.1. The zero-order valence-corrected chi connectivity index (χ0v) is 11.4. The van der Waals surface area contributed by atoms with Crippen LogP contribution in [0, 0.1) is 11.0 Å². The number of halogens is 1. The maximum Gasteiger partial charge on any atom is 0.317 e. The van der Waals surface area contributed by atoms with Crippen LogP contribution in [0.3, 0.4) is 0 Å². The van der Waals surface area contributed by atoms with Crippen molar-refractivity contribution in [2.75, 3.05) is 0 Å². The number of aliphatic hydroxyl groups is 1. The van der Waals surface area contributed by atoms with E-state index in [0.29, 0.717) is 10.3 Å². The summed E-state index contributed by atoms with van der Waals surface area (Å²) in [5.74, 6) is -0.987. The minimum Gasteiger partial charge on any atom is -0.618 e. The molecule has 0 saturated heterocycles. The highest BCUT2D eigenvalue weighted by atomic mass is 19.1. The Labute approximate surface area is 121 Å². The van der Waals surface area contributed by atoms with Crippen LogP contribution in [0.5, 0.6) is 0 Å².